The number of unbranched alkanes of at least 4 members (excludes halogenated alkanes) is 1. The molecule has 7 nitrogen and oxygen atoms in total. The molecule has 0 bridgehead atoms. The molecule has 0 aliphatic carbocycles. The summed E-state index contributed by atoms with van der Waals surface area (Å²) in [6, 6.07) is 6.73. The van der Waals surface area contributed by atoms with Gasteiger partial charge in [-0.1, -0.05) is 29.4 Å². The summed E-state index contributed by atoms with van der Waals surface area (Å²) in [4.78, 5) is 23.6. The van der Waals surface area contributed by atoms with Gasteiger partial charge in [-0.15, -0.1) is 5.10 Å². The van der Waals surface area contributed by atoms with Gasteiger partial charge in [0.15, 0.2) is 0 Å². The Hall–Kier alpha value is -2.19. The van der Waals surface area contributed by atoms with Crippen molar-refractivity contribution in [1.82, 2.24) is 14.9 Å². The van der Waals surface area contributed by atoms with Crippen LogP contribution in [0, 0.1) is 0 Å². The number of carbonyl (C=O) groups excluding carboxylic acids is 2. The molecule has 0 unspecified atom stereocenters. The van der Waals surface area contributed by atoms with E-state index in [1.807, 2.05) is 0 Å². The first kappa shape index (κ1) is 19.1. The normalized spacial score (nSPS) is 10.3. The number of hydrogen-bond donors (Lipinski definition) is 1. The predicted molar refractivity (Wildman–Crippen MR) is 93.9 cm³/mol. The second-order valence-electron chi connectivity index (χ2n) is 5.06. The van der Waals surface area contributed by atoms with Gasteiger partial charge in [0.2, 0.25) is 0 Å². The molecule has 1 aromatic carbocycles. The highest BCUT2D eigenvalue weighted by atomic mass is 35.5. The maximum Gasteiger partial charge on any atom is 0.325 e. The van der Waals surface area contributed by atoms with E-state index in [2.05, 4.69) is 21.8 Å². The van der Waals surface area contributed by atoms with Crippen LogP contribution >= 0.6 is 23.1 Å². The van der Waals surface area contributed by atoms with Crippen LogP contribution in [0.4, 0.5) is 0 Å². The van der Waals surface area contributed by atoms with E-state index >= 15 is 0 Å². The minimum atomic E-state index is -0.586. The maximum atomic E-state index is 12.0. The van der Waals surface area contributed by atoms with E-state index in [-0.39, 0.29) is 19.1 Å². The molecule has 0 aliphatic heterocycles. The van der Waals surface area contributed by atoms with Crippen LogP contribution in [0.3, 0.4) is 0 Å². The van der Waals surface area contributed by atoms with E-state index in [9.17, 15) is 9.59 Å². The molecule has 0 radical (unpaired) electrons. The van der Waals surface area contributed by atoms with E-state index < -0.39 is 5.97 Å². The van der Waals surface area contributed by atoms with Crippen molar-refractivity contribution in [3.8, 4) is 5.75 Å². The average Bonchev–Trinajstić information content (AvgIpc) is 3.03. The van der Waals surface area contributed by atoms with Gasteiger partial charge >= 0.3 is 5.97 Å². The number of aromatic nitrogens is 2. The van der Waals surface area contributed by atoms with Gasteiger partial charge in [-0.2, -0.15) is 0 Å². The summed E-state index contributed by atoms with van der Waals surface area (Å²) in [6.45, 7) is 2.41. The second kappa shape index (κ2) is 9.95. The van der Waals surface area contributed by atoms with Crippen molar-refractivity contribution in [3.05, 3.63) is 39.9 Å². The third-order valence-electron chi connectivity index (χ3n) is 3.16. The number of benzene rings is 1. The number of halogens is 1. The van der Waals surface area contributed by atoms with Gasteiger partial charge in [-0.25, -0.2) is 0 Å². The molecule has 1 N–H and O–H groups in total. The molecule has 2 aromatic rings. The quantitative estimate of drug-likeness (QED) is 0.529. The van der Waals surface area contributed by atoms with Gasteiger partial charge in [-0.05, 0) is 30.7 Å². The van der Waals surface area contributed by atoms with Crippen LogP contribution in [0.5, 0.6) is 5.75 Å². The Labute approximate surface area is 154 Å². The van der Waals surface area contributed by atoms with Gasteiger partial charge in [0.1, 0.15) is 28.9 Å². The Morgan fingerprint density at radius 3 is 2.68 bits per heavy atom. The summed E-state index contributed by atoms with van der Waals surface area (Å²) in [6.07, 6.45) is 2.04. The van der Waals surface area contributed by atoms with E-state index in [1.54, 1.807) is 24.3 Å². The highest BCUT2D eigenvalue weighted by Gasteiger charge is 2.11. The van der Waals surface area contributed by atoms with Gasteiger partial charge in [0.05, 0.1) is 6.61 Å². The van der Waals surface area contributed by atoms with Crippen molar-refractivity contribution in [3.63, 3.8) is 0 Å². The summed E-state index contributed by atoms with van der Waals surface area (Å²) in [7, 11) is 0. The van der Waals surface area contributed by atoms with E-state index in [0.717, 1.165) is 24.4 Å². The van der Waals surface area contributed by atoms with Crippen molar-refractivity contribution in [2.45, 2.75) is 26.4 Å². The lowest BCUT2D eigenvalue weighted by molar-refractivity contribution is -0.143. The van der Waals surface area contributed by atoms with Crippen molar-refractivity contribution in [2.24, 2.45) is 0 Å². The number of ether oxygens (including phenoxy) is 2. The largest absolute Gasteiger partial charge is 0.494 e. The average molecular weight is 384 g/mol. The second-order valence-corrected chi connectivity index (χ2v) is 6.42. The van der Waals surface area contributed by atoms with E-state index in [4.69, 9.17) is 21.1 Å². The van der Waals surface area contributed by atoms with E-state index in [0.29, 0.717) is 28.0 Å². The Bertz CT molecular complexity index is 706. The van der Waals surface area contributed by atoms with Crippen LogP contribution < -0.4 is 10.1 Å². The molecule has 1 heterocycles. The third-order valence-corrected chi connectivity index (χ3v) is 4.14. The zero-order valence-electron chi connectivity index (χ0n) is 13.7. The van der Waals surface area contributed by atoms with Crippen LogP contribution in [0.25, 0.3) is 0 Å². The number of hydrogen-bond acceptors (Lipinski definition) is 7. The Morgan fingerprint density at radius 1 is 1.28 bits per heavy atom. The Balaban J connectivity index is 1.73. The Morgan fingerprint density at radius 2 is 2.04 bits per heavy atom. The number of nitrogens with one attached hydrogen (secondary N) is 1. The smallest absolute Gasteiger partial charge is 0.325 e. The highest BCUT2D eigenvalue weighted by Crippen LogP contribution is 2.17. The molecule has 0 fully saturated rings. The molecule has 9 heteroatoms. The Kier molecular flexibility index (Phi) is 7.62. The number of carbonyl (C=O) groups is 2. The summed E-state index contributed by atoms with van der Waals surface area (Å²) in [5, 5.41) is 6.22. The topological polar surface area (TPSA) is 90.4 Å². The molecular weight excluding hydrogens is 366 g/mol. The third kappa shape index (κ3) is 6.32. The van der Waals surface area contributed by atoms with Crippen LogP contribution in [-0.4, -0.2) is 34.6 Å². The lowest BCUT2D eigenvalue weighted by Crippen LogP contribution is -2.30. The van der Waals surface area contributed by atoms with Crippen LogP contribution in [0.15, 0.2) is 24.3 Å². The number of esters is 1. The molecule has 2 rings (SSSR count). The van der Waals surface area contributed by atoms with Gasteiger partial charge in [-0.3, -0.25) is 9.59 Å². The molecule has 134 valence electrons. The SMILES string of the molecule is CCCCOc1ccc(C(=O)NCC(=O)OCc2nnsc2Cl)cc1. The lowest BCUT2D eigenvalue weighted by atomic mass is 10.2. The standard InChI is InChI=1S/C16H18ClN3O4S/c1-2-3-8-23-12-6-4-11(5-7-12)16(22)18-9-14(21)24-10-13-15(17)25-20-19-13/h4-7H,2-3,8-10H2,1H3,(H,18,22). The van der Waals surface area contributed by atoms with Crippen molar-refractivity contribution < 1.29 is 19.1 Å². The van der Waals surface area contributed by atoms with Crippen molar-refractivity contribution in [2.75, 3.05) is 13.2 Å². The first-order chi connectivity index (χ1) is 12.1. The van der Waals surface area contributed by atoms with Gasteiger partial charge in [0, 0.05) is 17.1 Å². The van der Waals surface area contributed by atoms with Crippen molar-refractivity contribution in [1.29, 1.82) is 0 Å². The maximum absolute atomic E-state index is 12.0. The zero-order valence-corrected chi connectivity index (χ0v) is 15.2. The van der Waals surface area contributed by atoms with Crippen LogP contribution in [0.2, 0.25) is 4.34 Å². The zero-order chi connectivity index (χ0) is 18.1. The summed E-state index contributed by atoms with van der Waals surface area (Å²) in [5.41, 5.74) is 0.826. The summed E-state index contributed by atoms with van der Waals surface area (Å²) >= 11 is 6.82. The fraction of sp³-hybridized carbons (Fsp3) is 0.375. The van der Waals surface area contributed by atoms with Crippen LogP contribution in [-0.2, 0) is 16.1 Å². The fourth-order valence-corrected chi connectivity index (χ4v) is 2.38. The number of nitrogens with zero attached hydrogens (tertiary/aromatic N) is 2. The molecule has 0 spiro atoms. The summed E-state index contributed by atoms with van der Waals surface area (Å²) < 4.78 is 14.5. The molecule has 0 saturated carbocycles. The number of rotatable bonds is 9. The van der Waals surface area contributed by atoms with Crippen LogP contribution in [0.1, 0.15) is 35.8 Å². The fourth-order valence-electron chi connectivity index (χ4n) is 1.77. The van der Waals surface area contributed by atoms with Crippen molar-refractivity contribution >= 4 is 35.0 Å². The first-order valence-corrected chi connectivity index (χ1v) is 8.88. The first-order valence-electron chi connectivity index (χ1n) is 7.73. The lowest BCUT2D eigenvalue weighted by Gasteiger charge is -2.07. The van der Waals surface area contributed by atoms with Gasteiger partial charge in [0.25, 0.3) is 5.91 Å². The van der Waals surface area contributed by atoms with Gasteiger partial charge < -0.3 is 14.8 Å². The molecule has 0 saturated heterocycles. The number of amides is 1. The minimum Gasteiger partial charge on any atom is -0.494 e. The molecule has 0 aliphatic rings. The molecule has 1 amide bonds. The monoisotopic (exact) mass is 383 g/mol. The van der Waals surface area contributed by atoms with E-state index in [1.165, 1.54) is 0 Å². The molecule has 1 aromatic heterocycles. The molecule has 25 heavy (non-hydrogen) atoms. The molecular formula is C16H18ClN3O4S. The predicted octanol–water partition coefficient (Wildman–Crippen LogP) is 2.84. The summed E-state index contributed by atoms with van der Waals surface area (Å²) in [5.74, 6) is -0.250. The minimum absolute atomic E-state index is 0.0756. The highest BCUT2D eigenvalue weighted by molar-refractivity contribution is 7.10. The molecule has 0 atom stereocenters.